The van der Waals surface area contributed by atoms with Gasteiger partial charge in [-0.1, -0.05) is 0 Å². The van der Waals surface area contributed by atoms with Crippen LogP contribution in [0.2, 0.25) is 0 Å². The molecule has 2 aliphatic heterocycles. The summed E-state index contributed by atoms with van der Waals surface area (Å²) in [5, 5.41) is 2.79. The van der Waals surface area contributed by atoms with Crippen molar-refractivity contribution in [2.45, 2.75) is 44.9 Å². The molecule has 0 spiro atoms. The molecule has 0 unspecified atom stereocenters. The fourth-order valence-corrected chi connectivity index (χ4v) is 3.91. The minimum Gasteiger partial charge on any atom is -0.444 e. The molecular weight excluding hydrogens is 445 g/mol. The molecule has 2 atom stereocenters. The molecule has 2 saturated heterocycles. The molecule has 0 aromatic heterocycles. The van der Waals surface area contributed by atoms with Crippen molar-refractivity contribution < 1.29 is 36.1 Å². The number of anilines is 2. The maximum atomic E-state index is 14.9. The first-order chi connectivity index (χ1) is 14.8. The van der Waals surface area contributed by atoms with E-state index in [9.17, 15) is 22.4 Å². The van der Waals surface area contributed by atoms with E-state index in [0.717, 1.165) is 6.26 Å². The smallest absolute Gasteiger partial charge is 0.414 e. The van der Waals surface area contributed by atoms with Gasteiger partial charge in [0, 0.05) is 13.1 Å². The number of ether oxygens (including phenoxy) is 2. The van der Waals surface area contributed by atoms with Crippen LogP contribution in [-0.4, -0.2) is 70.8 Å². The van der Waals surface area contributed by atoms with E-state index < -0.39 is 39.8 Å². The average molecular weight is 474 g/mol. The number of rotatable bonds is 6. The quantitative estimate of drug-likeness (QED) is 0.626. The number of hydrogen-bond acceptors (Lipinski definition) is 8. The summed E-state index contributed by atoms with van der Waals surface area (Å²) in [5.41, 5.74) is 0.0456. The van der Waals surface area contributed by atoms with Gasteiger partial charge in [0.2, 0.25) is 0 Å². The predicted molar refractivity (Wildman–Crippen MR) is 115 cm³/mol. The van der Waals surface area contributed by atoms with Crippen molar-refractivity contribution >= 4 is 33.7 Å². The Bertz CT molecular complexity index is 980. The minimum absolute atomic E-state index is 0.0404. The highest BCUT2D eigenvalue weighted by atomic mass is 32.2. The van der Waals surface area contributed by atoms with E-state index in [2.05, 4.69) is 9.50 Å². The molecular formula is C20H28FN3O7S. The molecule has 1 aromatic rings. The number of carbonyl (C=O) groups excluding carboxylic acids is 2. The van der Waals surface area contributed by atoms with Crippen molar-refractivity contribution in [3.63, 3.8) is 0 Å². The molecule has 2 heterocycles. The van der Waals surface area contributed by atoms with Gasteiger partial charge in [0.15, 0.2) is 0 Å². The lowest BCUT2D eigenvalue weighted by Gasteiger charge is -2.23. The van der Waals surface area contributed by atoms with Gasteiger partial charge in [-0.15, -0.1) is 0 Å². The molecule has 32 heavy (non-hydrogen) atoms. The van der Waals surface area contributed by atoms with E-state index >= 15 is 0 Å². The molecule has 0 aliphatic carbocycles. The molecule has 10 nitrogen and oxygen atoms in total. The average Bonchev–Trinajstić information content (AvgIpc) is 3.24. The maximum Gasteiger partial charge on any atom is 0.414 e. The second-order valence-electron chi connectivity index (χ2n) is 8.82. The van der Waals surface area contributed by atoms with Crippen LogP contribution in [0.5, 0.6) is 0 Å². The Kier molecular flexibility index (Phi) is 6.84. The highest BCUT2D eigenvalue weighted by Gasteiger charge is 2.34. The zero-order valence-corrected chi connectivity index (χ0v) is 19.3. The van der Waals surface area contributed by atoms with Crippen molar-refractivity contribution in [1.82, 2.24) is 5.32 Å². The van der Waals surface area contributed by atoms with Gasteiger partial charge in [-0.25, -0.2) is 14.0 Å². The first-order valence-corrected chi connectivity index (χ1v) is 12.0. The topological polar surface area (TPSA) is 114 Å². The van der Waals surface area contributed by atoms with Gasteiger partial charge in [0.25, 0.3) is 10.1 Å². The Labute approximate surface area is 186 Å². The summed E-state index contributed by atoms with van der Waals surface area (Å²) >= 11 is 0. The summed E-state index contributed by atoms with van der Waals surface area (Å²) in [5.74, 6) is -0.524. The van der Waals surface area contributed by atoms with E-state index in [1.54, 1.807) is 32.9 Å². The first kappa shape index (κ1) is 24.1. The van der Waals surface area contributed by atoms with Crippen molar-refractivity contribution in [3.8, 4) is 0 Å². The number of hydrogen-bond donors (Lipinski definition) is 1. The summed E-state index contributed by atoms with van der Waals surface area (Å²) in [6.07, 6.45) is -0.454. The summed E-state index contributed by atoms with van der Waals surface area (Å²) in [6.45, 7) is 6.05. The van der Waals surface area contributed by atoms with Gasteiger partial charge >= 0.3 is 12.2 Å². The van der Waals surface area contributed by atoms with Crippen molar-refractivity contribution in [2.24, 2.45) is 0 Å². The molecule has 12 heteroatoms. The zero-order valence-electron chi connectivity index (χ0n) is 18.5. The number of nitrogens with one attached hydrogen (secondary N) is 1. The molecule has 178 valence electrons. The highest BCUT2D eigenvalue weighted by Crippen LogP contribution is 2.30. The van der Waals surface area contributed by atoms with Crippen molar-refractivity contribution in [3.05, 3.63) is 24.0 Å². The van der Waals surface area contributed by atoms with E-state index in [1.165, 1.54) is 11.0 Å². The van der Waals surface area contributed by atoms with Crippen LogP contribution >= 0.6 is 0 Å². The van der Waals surface area contributed by atoms with Crippen LogP contribution in [0.3, 0.4) is 0 Å². The Morgan fingerprint density at radius 2 is 2.03 bits per heavy atom. The van der Waals surface area contributed by atoms with E-state index in [1.807, 2.05) is 4.90 Å². The summed E-state index contributed by atoms with van der Waals surface area (Å²) in [6, 6.07) is 4.21. The lowest BCUT2D eigenvalue weighted by Crippen LogP contribution is -2.40. The Hall–Kier alpha value is -2.60. The Morgan fingerprint density at radius 1 is 1.31 bits per heavy atom. The summed E-state index contributed by atoms with van der Waals surface area (Å²) < 4.78 is 52.1. The molecule has 0 radical (unpaired) electrons. The van der Waals surface area contributed by atoms with Gasteiger partial charge in [-0.2, -0.15) is 8.42 Å². The van der Waals surface area contributed by atoms with Gasteiger partial charge in [-0.05, 0) is 45.4 Å². The molecule has 1 aromatic carbocycles. The van der Waals surface area contributed by atoms with E-state index in [-0.39, 0.29) is 19.2 Å². The lowest BCUT2D eigenvalue weighted by atomic mass is 10.2. The first-order valence-electron chi connectivity index (χ1n) is 10.2. The molecule has 1 N–H and O–H groups in total. The third kappa shape index (κ3) is 6.45. The molecule has 3 rings (SSSR count). The molecule has 2 aliphatic rings. The summed E-state index contributed by atoms with van der Waals surface area (Å²) in [7, 11) is -3.66. The standard InChI is InChI=1S/C20H28FN3O7S/c1-20(2,3)31-18(25)22-13-7-8-23(10-13)17-6-5-14(9-16(17)21)24-11-15(30-19(24)26)12-29-32(4,27)28/h5-6,9,13,15H,7-8,10-12H2,1-4H3,(H,22,25)/t13-,15+/m0/s1. The second kappa shape index (κ2) is 9.10. The van der Waals surface area contributed by atoms with Crippen LogP contribution in [0, 0.1) is 5.82 Å². The number of benzene rings is 1. The fourth-order valence-electron chi connectivity index (χ4n) is 3.51. The van der Waals surface area contributed by atoms with Crippen LogP contribution in [0.25, 0.3) is 0 Å². The largest absolute Gasteiger partial charge is 0.444 e. The van der Waals surface area contributed by atoms with Gasteiger partial charge < -0.3 is 19.7 Å². The van der Waals surface area contributed by atoms with E-state index in [4.69, 9.17) is 9.47 Å². The highest BCUT2D eigenvalue weighted by molar-refractivity contribution is 7.85. The third-order valence-electron chi connectivity index (χ3n) is 4.83. The van der Waals surface area contributed by atoms with Crippen LogP contribution in [0.1, 0.15) is 27.2 Å². The zero-order chi connectivity index (χ0) is 23.7. The van der Waals surface area contributed by atoms with E-state index in [0.29, 0.717) is 30.9 Å². The minimum atomic E-state index is -3.66. The SMILES string of the molecule is CC(C)(C)OC(=O)N[C@H]1CCN(c2ccc(N3C[C@H](COS(C)(=O)=O)OC3=O)cc2F)C1. The van der Waals surface area contributed by atoms with Crippen LogP contribution < -0.4 is 15.1 Å². The molecule has 2 fully saturated rings. The molecule has 2 amide bonds. The van der Waals surface area contributed by atoms with Crippen LogP contribution in [0.4, 0.5) is 25.4 Å². The number of alkyl carbamates (subject to hydrolysis) is 1. The fraction of sp³-hybridized carbons (Fsp3) is 0.600. The monoisotopic (exact) mass is 473 g/mol. The van der Waals surface area contributed by atoms with Crippen molar-refractivity contribution in [1.29, 1.82) is 0 Å². The maximum absolute atomic E-state index is 14.9. The van der Waals surface area contributed by atoms with Gasteiger partial charge in [0.1, 0.15) is 24.1 Å². The van der Waals surface area contributed by atoms with Crippen LogP contribution in [-0.2, 0) is 23.8 Å². The van der Waals surface area contributed by atoms with Gasteiger partial charge in [0.05, 0.1) is 30.2 Å². The predicted octanol–water partition coefficient (Wildman–Crippen LogP) is 2.23. The second-order valence-corrected chi connectivity index (χ2v) is 10.5. The number of cyclic esters (lactones) is 1. The Balaban J connectivity index is 1.60. The lowest BCUT2D eigenvalue weighted by molar-refractivity contribution is 0.0509. The third-order valence-corrected chi connectivity index (χ3v) is 5.40. The number of carbonyl (C=O) groups is 2. The summed E-state index contributed by atoms with van der Waals surface area (Å²) in [4.78, 5) is 27.1. The molecule has 0 bridgehead atoms. The van der Waals surface area contributed by atoms with Gasteiger partial charge in [-0.3, -0.25) is 9.08 Å². The Morgan fingerprint density at radius 3 is 2.66 bits per heavy atom. The van der Waals surface area contributed by atoms with Crippen LogP contribution in [0.15, 0.2) is 18.2 Å². The number of nitrogens with zero attached hydrogens (tertiary/aromatic N) is 2. The normalized spacial score (nSPS) is 21.6. The van der Waals surface area contributed by atoms with Crippen molar-refractivity contribution in [2.75, 3.05) is 42.3 Å². The molecule has 0 saturated carbocycles. The number of amides is 2. The number of halogens is 1.